The van der Waals surface area contributed by atoms with Crippen LogP contribution in [0.2, 0.25) is 0 Å². The number of amides is 1. The normalized spacial score (nSPS) is 11.2. The summed E-state index contributed by atoms with van der Waals surface area (Å²) < 4.78 is 1.82. The fourth-order valence-corrected chi connectivity index (χ4v) is 2.71. The van der Waals surface area contributed by atoms with Crippen LogP contribution in [-0.2, 0) is 18.3 Å². The molecule has 1 amide bonds. The zero-order valence-electron chi connectivity index (χ0n) is 15.1. The van der Waals surface area contributed by atoms with E-state index in [1.54, 1.807) is 6.08 Å². The molecule has 0 bridgehead atoms. The highest BCUT2D eigenvalue weighted by Crippen LogP contribution is 2.15. The highest BCUT2D eigenvalue weighted by atomic mass is 16.1. The van der Waals surface area contributed by atoms with Crippen LogP contribution in [0.1, 0.15) is 48.7 Å². The van der Waals surface area contributed by atoms with E-state index in [1.165, 1.54) is 24.8 Å². The molecule has 24 heavy (non-hydrogen) atoms. The molecule has 4 heteroatoms. The first kappa shape index (κ1) is 18.0. The predicted octanol–water partition coefficient (Wildman–Crippen LogP) is 4.42. The van der Waals surface area contributed by atoms with Crippen molar-refractivity contribution in [2.75, 3.05) is 5.32 Å². The predicted molar refractivity (Wildman–Crippen MR) is 100 cm³/mol. The third-order valence-corrected chi connectivity index (χ3v) is 4.26. The summed E-state index contributed by atoms with van der Waals surface area (Å²) in [5, 5.41) is 7.25. The van der Waals surface area contributed by atoms with Crippen molar-refractivity contribution in [2.24, 2.45) is 7.05 Å². The number of benzene rings is 1. The van der Waals surface area contributed by atoms with Gasteiger partial charge in [0.05, 0.1) is 5.69 Å². The number of rotatable bonds is 7. The summed E-state index contributed by atoms with van der Waals surface area (Å²) in [6.07, 6.45) is 8.20. The number of aromatic nitrogens is 2. The number of hydrogen-bond donors (Lipinski definition) is 1. The lowest BCUT2D eigenvalue weighted by atomic mass is 10.1. The molecule has 0 aliphatic rings. The maximum atomic E-state index is 12.1. The Balaban J connectivity index is 1.93. The second-order valence-electron chi connectivity index (χ2n) is 6.18. The second-order valence-corrected chi connectivity index (χ2v) is 6.18. The largest absolute Gasteiger partial charge is 0.323 e. The molecule has 1 N–H and O–H groups in total. The van der Waals surface area contributed by atoms with Crippen LogP contribution in [0.25, 0.3) is 6.08 Å². The molecule has 0 atom stereocenters. The Morgan fingerprint density at radius 1 is 1.21 bits per heavy atom. The summed E-state index contributed by atoms with van der Waals surface area (Å²) in [6, 6.07) is 8.11. The van der Waals surface area contributed by atoms with E-state index in [-0.39, 0.29) is 5.91 Å². The van der Waals surface area contributed by atoms with Crippen LogP contribution in [0.15, 0.2) is 30.3 Å². The number of nitrogens with one attached hydrogen (secondary N) is 1. The molecule has 2 rings (SSSR count). The fourth-order valence-electron chi connectivity index (χ4n) is 2.71. The van der Waals surface area contributed by atoms with Crippen molar-refractivity contribution in [3.63, 3.8) is 0 Å². The minimum absolute atomic E-state index is 0.128. The molecule has 4 nitrogen and oxygen atoms in total. The van der Waals surface area contributed by atoms with E-state index in [0.717, 1.165) is 29.1 Å². The van der Waals surface area contributed by atoms with E-state index in [0.29, 0.717) is 0 Å². The molecule has 128 valence electrons. The van der Waals surface area contributed by atoms with Crippen molar-refractivity contribution < 1.29 is 4.79 Å². The van der Waals surface area contributed by atoms with Gasteiger partial charge in [-0.1, -0.05) is 31.9 Å². The molecular formula is C20H27N3O. The maximum absolute atomic E-state index is 12.1. The lowest BCUT2D eigenvalue weighted by Gasteiger charge is -2.05. The standard InChI is InChI=1S/C20H27N3O/c1-5-6-7-8-17-9-11-18(12-10-17)21-20(24)14-13-19-15(2)22-23(4)16(19)3/h9-14H,5-8H2,1-4H3,(H,21,24)/b14-13+. The van der Waals surface area contributed by atoms with Gasteiger partial charge in [0.1, 0.15) is 0 Å². The number of nitrogens with zero attached hydrogens (tertiary/aromatic N) is 2. The average Bonchev–Trinajstić information content (AvgIpc) is 2.80. The molecule has 0 aliphatic carbocycles. The summed E-state index contributed by atoms with van der Waals surface area (Å²) in [5.41, 5.74) is 5.12. The van der Waals surface area contributed by atoms with Gasteiger partial charge in [-0.3, -0.25) is 9.48 Å². The Labute approximate surface area is 144 Å². The number of hydrogen-bond acceptors (Lipinski definition) is 2. The van der Waals surface area contributed by atoms with Crippen LogP contribution in [0, 0.1) is 13.8 Å². The monoisotopic (exact) mass is 325 g/mol. The summed E-state index contributed by atoms with van der Waals surface area (Å²) in [6.45, 7) is 6.15. The van der Waals surface area contributed by atoms with E-state index in [9.17, 15) is 4.79 Å². The summed E-state index contributed by atoms with van der Waals surface area (Å²) in [7, 11) is 1.90. The molecule has 0 fully saturated rings. The topological polar surface area (TPSA) is 46.9 Å². The van der Waals surface area contributed by atoms with Gasteiger partial charge in [-0.2, -0.15) is 5.10 Å². The van der Waals surface area contributed by atoms with Gasteiger partial charge in [-0.15, -0.1) is 0 Å². The van der Waals surface area contributed by atoms with E-state index in [2.05, 4.69) is 29.5 Å². The Morgan fingerprint density at radius 3 is 2.50 bits per heavy atom. The van der Waals surface area contributed by atoms with E-state index < -0.39 is 0 Å². The van der Waals surface area contributed by atoms with Crippen LogP contribution in [0.5, 0.6) is 0 Å². The molecule has 1 aromatic heterocycles. The van der Waals surface area contributed by atoms with Crippen LogP contribution < -0.4 is 5.32 Å². The Kier molecular flexibility index (Phi) is 6.36. The van der Waals surface area contributed by atoms with Crippen LogP contribution in [0.4, 0.5) is 5.69 Å². The van der Waals surface area contributed by atoms with Crippen LogP contribution >= 0.6 is 0 Å². The van der Waals surface area contributed by atoms with Crippen molar-refractivity contribution >= 4 is 17.7 Å². The van der Waals surface area contributed by atoms with E-state index >= 15 is 0 Å². The Morgan fingerprint density at radius 2 is 1.92 bits per heavy atom. The summed E-state index contributed by atoms with van der Waals surface area (Å²) in [5.74, 6) is -0.128. The van der Waals surface area contributed by atoms with Crippen molar-refractivity contribution in [2.45, 2.75) is 46.5 Å². The van der Waals surface area contributed by atoms with Gasteiger partial charge >= 0.3 is 0 Å². The molecule has 0 saturated heterocycles. The second kappa shape index (κ2) is 8.48. The van der Waals surface area contributed by atoms with Crippen molar-refractivity contribution in [3.05, 3.63) is 52.9 Å². The van der Waals surface area contributed by atoms with Gasteiger partial charge in [0.15, 0.2) is 0 Å². The third kappa shape index (κ3) is 4.82. The van der Waals surface area contributed by atoms with Crippen molar-refractivity contribution in [3.8, 4) is 0 Å². The average molecular weight is 325 g/mol. The molecule has 2 aromatic rings. The SMILES string of the molecule is CCCCCc1ccc(NC(=O)/C=C/c2c(C)nn(C)c2C)cc1. The molecule has 0 unspecified atom stereocenters. The number of anilines is 1. The highest BCUT2D eigenvalue weighted by molar-refractivity contribution is 6.02. The van der Waals surface area contributed by atoms with Gasteiger partial charge in [0.25, 0.3) is 0 Å². The van der Waals surface area contributed by atoms with Crippen molar-refractivity contribution in [1.29, 1.82) is 0 Å². The lowest BCUT2D eigenvalue weighted by Crippen LogP contribution is -2.07. The molecule has 1 heterocycles. The zero-order chi connectivity index (χ0) is 17.5. The lowest BCUT2D eigenvalue weighted by molar-refractivity contribution is -0.111. The molecule has 0 aliphatic heterocycles. The maximum Gasteiger partial charge on any atom is 0.248 e. The van der Waals surface area contributed by atoms with Crippen molar-refractivity contribution in [1.82, 2.24) is 9.78 Å². The molecule has 0 radical (unpaired) electrons. The van der Waals surface area contributed by atoms with Crippen LogP contribution in [-0.4, -0.2) is 15.7 Å². The Bertz CT molecular complexity index is 711. The van der Waals surface area contributed by atoms with E-state index in [1.807, 2.05) is 43.8 Å². The van der Waals surface area contributed by atoms with Gasteiger partial charge in [0, 0.05) is 30.1 Å². The van der Waals surface area contributed by atoms with Gasteiger partial charge in [-0.25, -0.2) is 0 Å². The molecule has 0 spiro atoms. The first-order valence-electron chi connectivity index (χ1n) is 8.59. The third-order valence-electron chi connectivity index (χ3n) is 4.26. The minimum atomic E-state index is -0.128. The number of carbonyl (C=O) groups is 1. The molecule has 1 aromatic carbocycles. The first-order chi connectivity index (χ1) is 11.5. The number of unbranched alkanes of at least 4 members (excludes halogenated alkanes) is 2. The smallest absolute Gasteiger partial charge is 0.248 e. The first-order valence-corrected chi connectivity index (χ1v) is 8.59. The van der Waals surface area contributed by atoms with Crippen LogP contribution in [0.3, 0.4) is 0 Å². The molecular weight excluding hydrogens is 298 g/mol. The number of carbonyl (C=O) groups excluding carboxylic acids is 1. The summed E-state index contributed by atoms with van der Waals surface area (Å²) >= 11 is 0. The summed E-state index contributed by atoms with van der Waals surface area (Å²) in [4.78, 5) is 12.1. The molecule has 0 saturated carbocycles. The quantitative estimate of drug-likeness (QED) is 0.605. The fraction of sp³-hybridized carbons (Fsp3) is 0.400. The highest BCUT2D eigenvalue weighted by Gasteiger charge is 2.06. The van der Waals surface area contributed by atoms with Gasteiger partial charge in [-0.05, 0) is 50.5 Å². The number of aryl methyl sites for hydroxylation is 3. The zero-order valence-corrected chi connectivity index (χ0v) is 15.1. The Hall–Kier alpha value is -2.36. The van der Waals surface area contributed by atoms with Gasteiger partial charge in [0.2, 0.25) is 5.91 Å². The van der Waals surface area contributed by atoms with E-state index in [4.69, 9.17) is 0 Å². The minimum Gasteiger partial charge on any atom is -0.323 e. The van der Waals surface area contributed by atoms with Gasteiger partial charge < -0.3 is 5.32 Å².